The van der Waals surface area contributed by atoms with Crippen LogP contribution in [0.25, 0.3) is 22.6 Å². The number of hydrogen-bond acceptors (Lipinski definition) is 6. The Labute approximate surface area is 219 Å². The van der Waals surface area contributed by atoms with E-state index in [0.29, 0.717) is 28.6 Å². The minimum atomic E-state index is -1.05. The molecule has 0 radical (unpaired) electrons. The van der Waals surface area contributed by atoms with Gasteiger partial charge in [-0.3, -0.25) is 15.0 Å². The molecule has 194 valence electrons. The lowest BCUT2D eigenvalue weighted by molar-refractivity contribution is 0.0518. The maximum Gasteiger partial charge on any atom is 0.326 e. The van der Waals surface area contributed by atoms with Crippen molar-refractivity contribution < 1.29 is 19.7 Å². The van der Waals surface area contributed by atoms with Crippen molar-refractivity contribution in [2.24, 2.45) is 0 Å². The zero-order valence-electron chi connectivity index (χ0n) is 21.0. The Hall–Kier alpha value is -4.67. The van der Waals surface area contributed by atoms with Gasteiger partial charge in [0.1, 0.15) is 35.7 Å². The van der Waals surface area contributed by atoms with Crippen LogP contribution >= 0.6 is 0 Å². The molecule has 0 aliphatic rings. The smallest absolute Gasteiger partial charge is 0.326 e. The Morgan fingerprint density at radius 2 is 1.66 bits per heavy atom. The summed E-state index contributed by atoms with van der Waals surface area (Å²) in [5.74, 6) is 1.15. The van der Waals surface area contributed by atoms with Crippen LogP contribution in [0.5, 0.6) is 5.88 Å². The number of ether oxygens (including phenoxy) is 1. The fourth-order valence-corrected chi connectivity index (χ4v) is 4.11. The van der Waals surface area contributed by atoms with E-state index in [-0.39, 0.29) is 12.5 Å². The zero-order chi connectivity index (χ0) is 26.6. The number of aryl methyl sites for hydroxylation is 1. The molecule has 3 aromatic heterocycles. The molecule has 2 amide bonds. The number of nitrogens with zero attached hydrogens (tertiary/aromatic N) is 4. The number of fused-ring (bicyclic) bond motifs is 1. The van der Waals surface area contributed by atoms with Crippen molar-refractivity contribution in [1.82, 2.24) is 19.2 Å². The molecule has 3 heterocycles. The Bertz CT molecular complexity index is 1560. The second-order valence-corrected chi connectivity index (χ2v) is 8.81. The van der Waals surface area contributed by atoms with Crippen LogP contribution in [0.4, 0.5) is 16.4 Å². The molecule has 0 spiro atoms. The molecule has 0 bridgehead atoms. The summed E-state index contributed by atoms with van der Waals surface area (Å²) in [5.41, 5.74) is 4.50. The molecule has 1 atom stereocenters. The lowest BCUT2D eigenvalue weighted by Gasteiger charge is -2.12. The average molecular weight is 513 g/mol. The predicted molar refractivity (Wildman–Crippen MR) is 145 cm³/mol. The largest absolute Gasteiger partial charge is 0.474 e. The van der Waals surface area contributed by atoms with Gasteiger partial charge in [0.25, 0.3) is 0 Å². The van der Waals surface area contributed by atoms with Crippen LogP contribution in [0.15, 0.2) is 79.0 Å². The first-order chi connectivity index (χ1) is 18.5. The first kappa shape index (κ1) is 25.0. The number of imidazole rings is 1. The van der Waals surface area contributed by atoms with E-state index in [9.17, 15) is 9.90 Å². The van der Waals surface area contributed by atoms with Crippen molar-refractivity contribution in [2.45, 2.75) is 20.0 Å². The van der Waals surface area contributed by atoms with E-state index < -0.39 is 18.7 Å². The second kappa shape index (κ2) is 10.8. The molecule has 10 heteroatoms. The maximum absolute atomic E-state index is 13.4. The summed E-state index contributed by atoms with van der Waals surface area (Å²) in [6.45, 7) is 3.15. The number of carbonyl (C=O) groups is 1. The highest BCUT2D eigenvalue weighted by atomic mass is 16.5. The molecule has 5 rings (SSSR count). The van der Waals surface area contributed by atoms with Crippen molar-refractivity contribution in [3.63, 3.8) is 0 Å². The number of pyridine rings is 1. The van der Waals surface area contributed by atoms with Crippen LogP contribution in [-0.2, 0) is 0 Å². The van der Waals surface area contributed by atoms with E-state index in [0.717, 1.165) is 16.8 Å². The summed E-state index contributed by atoms with van der Waals surface area (Å²) in [6.07, 6.45) is 0.806. The molecule has 0 saturated heterocycles. The topological polar surface area (TPSA) is 126 Å². The SMILES string of the molecule is Cc1c(OCC(O)CO)nn(-c2ccccc2)c1NC(=O)Nc1c(-c2ccccc2)nc2c(C)cccn12. The molecular weight excluding hydrogens is 484 g/mol. The molecule has 0 fully saturated rings. The van der Waals surface area contributed by atoms with Crippen molar-refractivity contribution in [3.05, 3.63) is 90.1 Å². The van der Waals surface area contributed by atoms with Crippen LogP contribution in [-0.4, -0.2) is 54.7 Å². The summed E-state index contributed by atoms with van der Waals surface area (Å²) in [6, 6.07) is 22.3. The molecule has 0 aliphatic heterocycles. The van der Waals surface area contributed by atoms with E-state index in [2.05, 4.69) is 15.7 Å². The molecule has 4 N–H and O–H groups in total. The van der Waals surface area contributed by atoms with Crippen LogP contribution in [0, 0.1) is 13.8 Å². The van der Waals surface area contributed by atoms with Crippen molar-refractivity contribution in [2.75, 3.05) is 23.8 Å². The molecule has 1 unspecified atom stereocenters. The minimum absolute atomic E-state index is 0.142. The summed E-state index contributed by atoms with van der Waals surface area (Å²) in [7, 11) is 0. The number of nitrogens with one attached hydrogen (secondary N) is 2. The first-order valence-electron chi connectivity index (χ1n) is 12.1. The molecule has 2 aromatic carbocycles. The lowest BCUT2D eigenvalue weighted by atomic mass is 10.1. The highest BCUT2D eigenvalue weighted by Crippen LogP contribution is 2.31. The van der Waals surface area contributed by atoms with Crippen LogP contribution in [0.2, 0.25) is 0 Å². The Balaban J connectivity index is 1.50. The number of aromatic nitrogens is 4. The van der Waals surface area contributed by atoms with Gasteiger partial charge in [-0.25, -0.2) is 14.5 Å². The number of para-hydroxylation sites is 1. The number of aliphatic hydroxyl groups is 2. The molecule has 38 heavy (non-hydrogen) atoms. The van der Waals surface area contributed by atoms with Gasteiger partial charge in [-0.05, 0) is 37.6 Å². The summed E-state index contributed by atoms with van der Waals surface area (Å²) >= 11 is 0. The molecule has 5 aromatic rings. The first-order valence-corrected chi connectivity index (χ1v) is 12.1. The van der Waals surface area contributed by atoms with Gasteiger partial charge in [-0.1, -0.05) is 54.6 Å². The van der Waals surface area contributed by atoms with E-state index in [1.165, 1.54) is 0 Å². The van der Waals surface area contributed by atoms with Gasteiger partial charge in [0.05, 0.1) is 17.9 Å². The number of amides is 2. The molecule has 10 nitrogen and oxygen atoms in total. The van der Waals surface area contributed by atoms with E-state index in [1.54, 1.807) is 11.6 Å². The van der Waals surface area contributed by atoms with Gasteiger partial charge in [0, 0.05) is 11.8 Å². The number of anilines is 2. The van der Waals surface area contributed by atoms with Crippen LogP contribution in [0.1, 0.15) is 11.1 Å². The van der Waals surface area contributed by atoms with Crippen LogP contribution in [0.3, 0.4) is 0 Å². The van der Waals surface area contributed by atoms with Gasteiger partial charge < -0.3 is 14.9 Å². The third-order valence-electron chi connectivity index (χ3n) is 6.06. The van der Waals surface area contributed by atoms with Crippen molar-refractivity contribution >= 4 is 23.3 Å². The fourth-order valence-electron chi connectivity index (χ4n) is 4.11. The normalized spacial score (nSPS) is 11.9. The van der Waals surface area contributed by atoms with Crippen molar-refractivity contribution in [1.29, 1.82) is 0 Å². The standard InChI is InChI=1S/C28H28N6O4/c1-18-10-9-15-33-24(18)29-23(20-11-5-3-6-12-20)26(33)31-28(37)30-25-19(2)27(38-17-22(36)16-35)32-34(25)21-13-7-4-8-14-21/h3-15,22,35-36H,16-17H2,1-2H3,(H2,30,31,37). The third kappa shape index (κ3) is 4.95. The third-order valence-corrected chi connectivity index (χ3v) is 6.06. The Morgan fingerprint density at radius 1 is 0.974 bits per heavy atom. The zero-order valence-corrected chi connectivity index (χ0v) is 21.0. The van der Waals surface area contributed by atoms with Crippen LogP contribution < -0.4 is 15.4 Å². The van der Waals surface area contributed by atoms with E-state index in [1.807, 2.05) is 90.3 Å². The highest BCUT2D eigenvalue weighted by molar-refractivity contribution is 6.02. The second-order valence-electron chi connectivity index (χ2n) is 8.81. The van der Waals surface area contributed by atoms with Gasteiger partial charge in [0.15, 0.2) is 0 Å². The Kier molecular flexibility index (Phi) is 7.07. The van der Waals surface area contributed by atoms with Crippen molar-refractivity contribution in [3.8, 4) is 22.8 Å². The fraction of sp³-hybridized carbons (Fsp3) is 0.179. The summed E-state index contributed by atoms with van der Waals surface area (Å²) in [5, 5.41) is 29.2. The minimum Gasteiger partial charge on any atom is -0.474 e. The molecular formula is C28H28N6O4. The van der Waals surface area contributed by atoms with E-state index >= 15 is 0 Å². The number of aliphatic hydroxyl groups excluding tert-OH is 2. The summed E-state index contributed by atoms with van der Waals surface area (Å²) < 4.78 is 9.05. The van der Waals surface area contributed by atoms with Gasteiger partial charge >= 0.3 is 6.03 Å². The predicted octanol–water partition coefficient (Wildman–Crippen LogP) is 4.18. The quantitative estimate of drug-likeness (QED) is 0.247. The number of benzene rings is 2. The highest BCUT2D eigenvalue weighted by Gasteiger charge is 2.22. The van der Waals surface area contributed by atoms with Gasteiger partial charge in [0.2, 0.25) is 5.88 Å². The molecule has 0 saturated carbocycles. The maximum atomic E-state index is 13.4. The average Bonchev–Trinajstić information content (AvgIpc) is 3.46. The number of carbonyl (C=O) groups excluding carboxylic acids is 1. The number of rotatable bonds is 8. The monoisotopic (exact) mass is 512 g/mol. The lowest BCUT2D eigenvalue weighted by Crippen LogP contribution is -2.23. The number of hydrogen-bond donors (Lipinski definition) is 4. The molecule has 0 aliphatic carbocycles. The van der Waals surface area contributed by atoms with Gasteiger partial charge in [-0.15, -0.1) is 5.10 Å². The summed E-state index contributed by atoms with van der Waals surface area (Å²) in [4.78, 5) is 18.2. The van der Waals surface area contributed by atoms with E-state index in [4.69, 9.17) is 14.8 Å². The Morgan fingerprint density at radius 3 is 2.37 bits per heavy atom. The number of urea groups is 1. The van der Waals surface area contributed by atoms with Gasteiger partial charge in [-0.2, -0.15) is 0 Å².